The second kappa shape index (κ2) is 9.71. The zero-order valence-electron chi connectivity index (χ0n) is 16.9. The highest BCUT2D eigenvalue weighted by Gasteiger charge is 2.27. The standard InChI is InChI=1S/C22H22FN5OS/c1-15-11-16(2)26-22(19(15)12-24)30-14-21(29)28-9-7-27(8-10-28)20(13-25)17-3-5-18(23)6-4-17/h3-6,11,20H,7-10,14H2,1-2H3. The maximum atomic E-state index is 13.2. The zero-order valence-corrected chi connectivity index (χ0v) is 17.7. The van der Waals surface area contributed by atoms with Crippen LogP contribution in [0.5, 0.6) is 0 Å². The van der Waals surface area contributed by atoms with E-state index in [-0.39, 0.29) is 17.5 Å². The van der Waals surface area contributed by atoms with Crippen molar-refractivity contribution in [1.82, 2.24) is 14.8 Å². The highest BCUT2D eigenvalue weighted by molar-refractivity contribution is 8.00. The fourth-order valence-electron chi connectivity index (χ4n) is 3.51. The van der Waals surface area contributed by atoms with Crippen molar-refractivity contribution >= 4 is 17.7 Å². The summed E-state index contributed by atoms with van der Waals surface area (Å²) in [6.45, 7) is 5.90. The van der Waals surface area contributed by atoms with Gasteiger partial charge in [-0.15, -0.1) is 0 Å². The van der Waals surface area contributed by atoms with Gasteiger partial charge < -0.3 is 4.90 Å². The molecule has 1 aromatic carbocycles. The maximum Gasteiger partial charge on any atom is 0.233 e. The van der Waals surface area contributed by atoms with Gasteiger partial charge in [-0.1, -0.05) is 23.9 Å². The van der Waals surface area contributed by atoms with E-state index in [4.69, 9.17) is 0 Å². The van der Waals surface area contributed by atoms with Crippen molar-refractivity contribution in [2.75, 3.05) is 31.9 Å². The number of carbonyl (C=O) groups is 1. The summed E-state index contributed by atoms with van der Waals surface area (Å²) in [5.74, 6) is -0.134. The molecule has 1 atom stereocenters. The molecule has 0 saturated carbocycles. The van der Waals surface area contributed by atoms with Crippen LogP contribution in [0, 0.1) is 42.3 Å². The quantitative estimate of drug-likeness (QED) is 0.687. The molecule has 8 heteroatoms. The smallest absolute Gasteiger partial charge is 0.233 e. The van der Waals surface area contributed by atoms with Gasteiger partial charge in [-0.05, 0) is 43.2 Å². The summed E-state index contributed by atoms with van der Waals surface area (Å²) >= 11 is 1.29. The Balaban J connectivity index is 1.58. The molecule has 154 valence electrons. The SMILES string of the molecule is Cc1cc(C)c(C#N)c(SCC(=O)N2CCN(C(C#N)c3ccc(F)cc3)CC2)n1. The fourth-order valence-corrected chi connectivity index (χ4v) is 4.51. The van der Waals surface area contributed by atoms with Crippen LogP contribution in [0.3, 0.4) is 0 Å². The first-order chi connectivity index (χ1) is 14.4. The van der Waals surface area contributed by atoms with Crippen LogP contribution < -0.4 is 0 Å². The number of benzene rings is 1. The molecule has 1 amide bonds. The third kappa shape index (κ3) is 4.96. The molecule has 0 spiro atoms. The van der Waals surface area contributed by atoms with Crippen molar-refractivity contribution in [3.63, 3.8) is 0 Å². The Morgan fingerprint density at radius 1 is 1.20 bits per heavy atom. The van der Waals surface area contributed by atoms with Crippen LogP contribution in [0.2, 0.25) is 0 Å². The minimum atomic E-state index is -0.463. The van der Waals surface area contributed by atoms with E-state index >= 15 is 0 Å². The lowest BCUT2D eigenvalue weighted by atomic mass is 10.1. The Morgan fingerprint density at radius 2 is 1.87 bits per heavy atom. The largest absolute Gasteiger partial charge is 0.339 e. The number of amides is 1. The number of hydrogen-bond donors (Lipinski definition) is 0. The Kier molecular flexibility index (Phi) is 7.04. The molecule has 6 nitrogen and oxygen atoms in total. The van der Waals surface area contributed by atoms with Crippen LogP contribution in [0.15, 0.2) is 35.4 Å². The second-order valence-corrected chi connectivity index (χ2v) is 8.13. The molecule has 2 heterocycles. The molecule has 0 aliphatic carbocycles. The summed E-state index contributed by atoms with van der Waals surface area (Å²) in [5.41, 5.74) is 2.94. The first kappa shape index (κ1) is 21.8. The van der Waals surface area contributed by atoms with Crippen LogP contribution in [0.25, 0.3) is 0 Å². The van der Waals surface area contributed by atoms with Gasteiger partial charge in [-0.3, -0.25) is 9.69 Å². The molecule has 3 rings (SSSR count). The van der Waals surface area contributed by atoms with Gasteiger partial charge in [-0.2, -0.15) is 10.5 Å². The summed E-state index contributed by atoms with van der Waals surface area (Å²) < 4.78 is 13.2. The summed E-state index contributed by atoms with van der Waals surface area (Å²) in [6.07, 6.45) is 0. The number of rotatable bonds is 5. The average Bonchev–Trinajstić information content (AvgIpc) is 2.74. The van der Waals surface area contributed by atoms with E-state index in [2.05, 4.69) is 17.1 Å². The topological polar surface area (TPSA) is 84.0 Å². The molecule has 1 fully saturated rings. The number of nitriles is 2. The van der Waals surface area contributed by atoms with E-state index in [1.165, 1.54) is 23.9 Å². The fraction of sp³-hybridized carbons (Fsp3) is 0.364. The van der Waals surface area contributed by atoms with Crippen LogP contribution in [-0.4, -0.2) is 52.6 Å². The van der Waals surface area contributed by atoms with E-state index in [1.807, 2.05) is 24.8 Å². The summed E-state index contributed by atoms with van der Waals surface area (Å²) in [5, 5.41) is 19.5. The molecule has 1 aliphatic rings. The van der Waals surface area contributed by atoms with Crippen LogP contribution in [-0.2, 0) is 4.79 Å². The van der Waals surface area contributed by atoms with E-state index in [9.17, 15) is 19.7 Å². The maximum absolute atomic E-state index is 13.2. The summed E-state index contributed by atoms with van der Waals surface area (Å²) in [6, 6.07) is 11.8. The third-order valence-electron chi connectivity index (χ3n) is 5.10. The lowest BCUT2D eigenvalue weighted by Gasteiger charge is -2.37. The van der Waals surface area contributed by atoms with Crippen molar-refractivity contribution < 1.29 is 9.18 Å². The Bertz CT molecular complexity index is 1000. The number of aryl methyl sites for hydroxylation is 2. The molecule has 0 radical (unpaired) electrons. The zero-order chi connectivity index (χ0) is 21.7. The highest BCUT2D eigenvalue weighted by Crippen LogP contribution is 2.25. The lowest BCUT2D eigenvalue weighted by molar-refractivity contribution is -0.130. The number of halogens is 1. The molecule has 1 aliphatic heterocycles. The predicted octanol–water partition coefficient (Wildman–Crippen LogP) is 3.21. The minimum Gasteiger partial charge on any atom is -0.339 e. The number of piperazine rings is 1. The molecule has 0 bridgehead atoms. The second-order valence-electron chi connectivity index (χ2n) is 7.16. The van der Waals surface area contributed by atoms with E-state index in [1.54, 1.807) is 17.0 Å². The van der Waals surface area contributed by atoms with Gasteiger partial charge in [0.1, 0.15) is 23.0 Å². The molecule has 0 N–H and O–H groups in total. The number of thioether (sulfide) groups is 1. The van der Waals surface area contributed by atoms with Crippen molar-refractivity contribution in [3.05, 3.63) is 58.5 Å². The molecular weight excluding hydrogens is 401 g/mol. The van der Waals surface area contributed by atoms with Gasteiger partial charge >= 0.3 is 0 Å². The van der Waals surface area contributed by atoms with Crippen LogP contribution in [0.1, 0.15) is 28.4 Å². The monoisotopic (exact) mass is 423 g/mol. The highest BCUT2D eigenvalue weighted by atomic mass is 32.2. The van der Waals surface area contributed by atoms with Gasteiger partial charge in [0.15, 0.2) is 0 Å². The molecular formula is C22H22FN5OS. The van der Waals surface area contributed by atoms with Gasteiger partial charge in [0.05, 0.1) is 17.4 Å². The number of nitrogens with zero attached hydrogens (tertiary/aromatic N) is 5. The predicted molar refractivity (Wildman–Crippen MR) is 112 cm³/mol. The van der Waals surface area contributed by atoms with Crippen LogP contribution >= 0.6 is 11.8 Å². The Hall–Kier alpha value is -2.94. The van der Waals surface area contributed by atoms with Gasteiger partial charge in [0.2, 0.25) is 5.91 Å². The van der Waals surface area contributed by atoms with Crippen molar-refractivity contribution in [2.24, 2.45) is 0 Å². The molecule has 1 aromatic heterocycles. The minimum absolute atomic E-state index is 0.0141. The molecule has 1 unspecified atom stereocenters. The molecule has 2 aromatic rings. The van der Waals surface area contributed by atoms with Crippen LogP contribution in [0.4, 0.5) is 4.39 Å². The van der Waals surface area contributed by atoms with E-state index in [0.717, 1.165) is 16.8 Å². The Morgan fingerprint density at radius 3 is 2.47 bits per heavy atom. The first-order valence-electron chi connectivity index (χ1n) is 9.61. The van der Waals surface area contributed by atoms with Gasteiger partial charge in [0, 0.05) is 31.9 Å². The first-order valence-corrected chi connectivity index (χ1v) is 10.6. The van der Waals surface area contributed by atoms with Gasteiger partial charge in [-0.25, -0.2) is 9.37 Å². The van der Waals surface area contributed by atoms with E-state index < -0.39 is 6.04 Å². The molecule has 1 saturated heterocycles. The van der Waals surface area contributed by atoms with E-state index in [0.29, 0.717) is 36.8 Å². The van der Waals surface area contributed by atoms with Gasteiger partial charge in [0.25, 0.3) is 0 Å². The van der Waals surface area contributed by atoms with Crippen molar-refractivity contribution in [3.8, 4) is 12.1 Å². The normalized spacial score (nSPS) is 15.3. The third-order valence-corrected chi connectivity index (χ3v) is 6.06. The summed E-state index contributed by atoms with van der Waals surface area (Å²) in [4.78, 5) is 20.8. The number of hydrogen-bond acceptors (Lipinski definition) is 6. The number of aromatic nitrogens is 1. The molecule has 30 heavy (non-hydrogen) atoms. The lowest BCUT2D eigenvalue weighted by Crippen LogP contribution is -2.50. The number of carbonyl (C=O) groups excluding carboxylic acids is 1. The Labute approximate surface area is 179 Å². The average molecular weight is 424 g/mol. The summed E-state index contributed by atoms with van der Waals surface area (Å²) in [7, 11) is 0. The van der Waals surface area contributed by atoms with Crippen molar-refractivity contribution in [1.29, 1.82) is 10.5 Å². The van der Waals surface area contributed by atoms with Crippen molar-refractivity contribution in [2.45, 2.75) is 24.9 Å². The number of pyridine rings is 1.